The van der Waals surface area contributed by atoms with E-state index in [9.17, 15) is 13.2 Å². The van der Waals surface area contributed by atoms with Crippen molar-refractivity contribution in [2.24, 2.45) is 0 Å². The lowest BCUT2D eigenvalue weighted by Gasteiger charge is -2.28. The lowest BCUT2D eigenvalue weighted by Crippen LogP contribution is -2.44. The molecule has 1 aromatic carbocycles. The van der Waals surface area contributed by atoms with E-state index in [1.807, 2.05) is 0 Å². The molecule has 0 atom stereocenters. The third-order valence-corrected chi connectivity index (χ3v) is 5.45. The van der Waals surface area contributed by atoms with Gasteiger partial charge in [0.2, 0.25) is 15.9 Å². The van der Waals surface area contributed by atoms with Crippen LogP contribution in [0.4, 0.5) is 5.69 Å². The van der Waals surface area contributed by atoms with Crippen LogP contribution in [-0.2, 0) is 14.8 Å². The first kappa shape index (κ1) is 17.6. The summed E-state index contributed by atoms with van der Waals surface area (Å²) in [4.78, 5) is 14.2. The Morgan fingerprint density at radius 2 is 1.78 bits per heavy atom. The molecule has 23 heavy (non-hydrogen) atoms. The van der Waals surface area contributed by atoms with Gasteiger partial charge in [-0.1, -0.05) is 12.8 Å². The molecule has 1 aromatic rings. The van der Waals surface area contributed by atoms with E-state index in [-0.39, 0.29) is 18.5 Å². The maximum absolute atomic E-state index is 12.5. The summed E-state index contributed by atoms with van der Waals surface area (Å²) >= 11 is 0. The fourth-order valence-electron chi connectivity index (χ4n) is 2.88. The molecule has 7 heteroatoms. The molecule has 0 saturated heterocycles. The van der Waals surface area contributed by atoms with Crippen molar-refractivity contribution >= 4 is 21.6 Å². The second-order valence-electron chi connectivity index (χ2n) is 5.91. The predicted octanol–water partition coefficient (Wildman–Crippen LogP) is 1.86. The smallest absolute Gasteiger partial charge is 0.243 e. The normalized spacial score (nSPS) is 15.4. The molecule has 1 saturated carbocycles. The molecule has 0 heterocycles. The number of likely N-dealkylation sites (N-methyl/N-ethyl adjacent to an activating group) is 1. The fourth-order valence-corrected chi connectivity index (χ4v) is 3.73. The Balaban J connectivity index is 2.16. The molecule has 0 bridgehead atoms. The molecule has 2 rings (SSSR count). The van der Waals surface area contributed by atoms with Gasteiger partial charge in [-0.3, -0.25) is 9.10 Å². The van der Waals surface area contributed by atoms with Gasteiger partial charge in [-0.15, -0.1) is 0 Å². The number of ether oxygens (including phenoxy) is 1. The van der Waals surface area contributed by atoms with E-state index >= 15 is 0 Å². The van der Waals surface area contributed by atoms with Crippen LogP contribution in [0.1, 0.15) is 25.7 Å². The van der Waals surface area contributed by atoms with E-state index in [1.54, 1.807) is 43.3 Å². The van der Waals surface area contributed by atoms with Gasteiger partial charge in [0.05, 0.1) is 19.1 Å². The van der Waals surface area contributed by atoms with Crippen molar-refractivity contribution in [3.63, 3.8) is 0 Å². The Hall–Kier alpha value is -1.76. The minimum atomic E-state index is -3.54. The maximum atomic E-state index is 12.5. The third kappa shape index (κ3) is 4.37. The number of hydrogen-bond donors (Lipinski definition) is 0. The highest BCUT2D eigenvalue weighted by molar-refractivity contribution is 7.92. The van der Waals surface area contributed by atoms with Crippen LogP contribution in [0.2, 0.25) is 0 Å². The average Bonchev–Trinajstić information content (AvgIpc) is 3.05. The van der Waals surface area contributed by atoms with Crippen LogP contribution >= 0.6 is 0 Å². The summed E-state index contributed by atoms with van der Waals surface area (Å²) in [6, 6.07) is 6.86. The molecule has 1 aliphatic rings. The SMILES string of the molecule is COc1ccc(N(CC(=O)N(C)C2CCCC2)S(C)(=O)=O)cc1. The molecule has 1 aliphatic carbocycles. The average molecular weight is 340 g/mol. The van der Waals surface area contributed by atoms with Gasteiger partial charge in [0.15, 0.2) is 0 Å². The number of anilines is 1. The molecular weight excluding hydrogens is 316 g/mol. The third-order valence-electron chi connectivity index (χ3n) is 4.31. The fraction of sp³-hybridized carbons (Fsp3) is 0.562. The number of hydrogen-bond acceptors (Lipinski definition) is 4. The first-order valence-electron chi connectivity index (χ1n) is 7.70. The van der Waals surface area contributed by atoms with E-state index in [1.165, 1.54) is 0 Å². The van der Waals surface area contributed by atoms with Crippen LogP contribution in [0.3, 0.4) is 0 Å². The minimum absolute atomic E-state index is 0.182. The Morgan fingerprint density at radius 3 is 2.26 bits per heavy atom. The molecule has 128 valence electrons. The van der Waals surface area contributed by atoms with Gasteiger partial charge < -0.3 is 9.64 Å². The van der Waals surface area contributed by atoms with Crippen LogP contribution in [0.15, 0.2) is 24.3 Å². The highest BCUT2D eigenvalue weighted by atomic mass is 32.2. The molecule has 1 amide bonds. The lowest BCUT2D eigenvalue weighted by atomic mass is 10.2. The second-order valence-corrected chi connectivity index (χ2v) is 7.82. The van der Waals surface area contributed by atoms with Gasteiger partial charge in [-0.2, -0.15) is 0 Å². The van der Waals surface area contributed by atoms with E-state index < -0.39 is 10.0 Å². The monoisotopic (exact) mass is 340 g/mol. The summed E-state index contributed by atoms with van der Waals surface area (Å²) in [7, 11) is -0.243. The molecule has 0 spiro atoms. The van der Waals surface area contributed by atoms with Gasteiger partial charge in [0.25, 0.3) is 0 Å². The van der Waals surface area contributed by atoms with Crippen molar-refractivity contribution in [1.29, 1.82) is 0 Å². The number of rotatable bonds is 6. The van der Waals surface area contributed by atoms with E-state index in [4.69, 9.17) is 4.74 Å². The van der Waals surface area contributed by atoms with Gasteiger partial charge in [0.1, 0.15) is 12.3 Å². The van der Waals surface area contributed by atoms with E-state index in [0.29, 0.717) is 11.4 Å². The number of benzene rings is 1. The first-order chi connectivity index (χ1) is 10.8. The van der Waals surface area contributed by atoms with Gasteiger partial charge in [0, 0.05) is 13.1 Å². The predicted molar refractivity (Wildman–Crippen MR) is 90.2 cm³/mol. The van der Waals surface area contributed by atoms with Crippen LogP contribution in [0.25, 0.3) is 0 Å². The summed E-state index contributed by atoms with van der Waals surface area (Å²) in [5.41, 5.74) is 0.460. The molecule has 0 N–H and O–H groups in total. The first-order valence-corrected chi connectivity index (χ1v) is 9.55. The van der Waals surface area contributed by atoms with Crippen molar-refractivity contribution in [2.75, 3.05) is 31.3 Å². The summed E-state index contributed by atoms with van der Waals surface area (Å²) in [5.74, 6) is 0.453. The van der Waals surface area contributed by atoms with Crippen LogP contribution in [-0.4, -0.2) is 52.2 Å². The quantitative estimate of drug-likeness (QED) is 0.793. The molecule has 6 nitrogen and oxygen atoms in total. The van der Waals surface area contributed by atoms with Crippen LogP contribution < -0.4 is 9.04 Å². The Labute approximate surface area is 138 Å². The minimum Gasteiger partial charge on any atom is -0.497 e. The zero-order valence-corrected chi connectivity index (χ0v) is 14.7. The van der Waals surface area contributed by atoms with Gasteiger partial charge >= 0.3 is 0 Å². The highest BCUT2D eigenvalue weighted by Crippen LogP contribution is 2.24. The number of nitrogens with zero attached hydrogens (tertiary/aromatic N) is 2. The van der Waals surface area contributed by atoms with Crippen LogP contribution in [0, 0.1) is 0 Å². The van der Waals surface area contributed by atoms with Crippen molar-refractivity contribution in [3.05, 3.63) is 24.3 Å². The van der Waals surface area contributed by atoms with Crippen molar-refractivity contribution in [1.82, 2.24) is 4.90 Å². The Kier molecular flexibility index (Phi) is 5.51. The van der Waals surface area contributed by atoms with Gasteiger partial charge in [-0.05, 0) is 37.1 Å². The summed E-state index contributed by atoms with van der Waals surface area (Å²) in [6.45, 7) is -0.182. The number of methoxy groups -OCH3 is 1. The molecule has 0 unspecified atom stereocenters. The summed E-state index contributed by atoms with van der Waals surface area (Å²) < 4.78 is 30.4. The highest BCUT2D eigenvalue weighted by Gasteiger charge is 2.27. The number of carbonyl (C=O) groups excluding carboxylic acids is 1. The molecule has 0 aliphatic heterocycles. The summed E-state index contributed by atoms with van der Waals surface area (Å²) in [6.07, 6.45) is 5.33. The molecule has 0 radical (unpaired) electrons. The van der Waals surface area contributed by atoms with E-state index in [2.05, 4.69) is 0 Å². The standard InChI is InChI=1S/C16H24N2O4S/c1-17(13-6-4-5-7-13)16(19)12-18(23(3,20)21)14-8-10-15(22-2)11-9-14/h8-11,13H,4-7,12H2,1-3H3. The van der Waals surface area contributed by atoms with Crippen molar-refractivity contribution in [2.45, 2.75) is 31.7 Å². The van der Waals surface area contributed by atoms with E-state index in [0.717, 1.165) is 36.2 Å². The Bertz CT molecular complexity index is 637. The van der Waals surface area contributed by atoms with Gasteiger partial charge in [-0.25, -0.2) is 8.42 Å². The topological polar surface area (TPSA) is 66.9 Å². The van der Waals surface area contributed by atoms with Crippen LogP contribution in [0.5, 0.6) is 5.75 Å². The zero-order valence-electron chi connectivity index (χ0n) is 13.9. The second kappa shape index (κ2) is 7.21. The number of sulfonamides is 1. The molecule has 1 fully saturated rings. The lowest BCUT2D eigenvalue weighted by molar-refractivity contribution is -0.130. The van der Waals surface area contributed by atoms with Crippen molar-refractivity contribution in [3.8, 4) is 5.75 Å². The molecule has 0 aromatic heterocycles. The summed E-state index contributed by atoms with van der Waals surface area (Å²) in [5, 5.41) is 0. The number of carbonyl (C=O) groups is 1. The largest absolute Gasteiger partial charge is 0.497 e. The van der Waals surface area contributed by atoms with Crippen molar-refractivity contribution < 1.29 is 17.9 Å². The zero-order chi connectivity index (χ0) is 17.0. The molecular formula is C16H24N2O4S. The Morgan fingerprint density at radius 1 is 1.22 bits per heavy atom. The maximum Gasteiger partial charge on any atom is 0.243 e. The number of amides is 1.